The Bertz CT molecular complexity index is 1380. The minimum Gasteiger partial charge on any atom is -0.484 e. The molecule has 0 bridgehead atoms. The van der Waals surface area contributed by atoms with Crippen LogP contribution in [-0.2, 0) is 37.4 Å². The first-order chi connectivity index (χ1) is 19.2. The molecular weight excluding hydrogens is 539 g/mol. The van der Waals surface area contributed by atoms with Crippen molar-refractivity contribution in [1.82, 2.24) is 19.5 Å². The molecule has 1 aromatic heterocycles. The second-order valence-corrected chi connectivity index (χ2v) is 11.1. The van der Waals surface area contributed by atoms with E-state index in [9.17, 15) is 22.4 Å². The highest BCUT2D eigenvalue weighted by molar-refractivity contribution is 7.89. The van der Waals surface area contributed by atoms with Gasteiger partial charge in [-0.2, -0.15) is 4.31 Å². The summed E-state index contributed by atoms with van der Waals surface area (Å²) in [4.78, 5) is 31.6. The number of hydrogen-bond donors (Lipinski definition) is 1. The molecule has 4 rings (SSSR count). The third-order valence-electron chi connectivity index (χ3n) is 6.44. The predicted octanol–water partition coefficient (Wildman–Crippen LogP) is 2.35. The zero-order valence-electron chi connectivity index (χ0n) is 22.0. The predicted molar refractivity (Wildman–Crippen MR) is 144 cm³/mol. The average molecular weight is 571 g/mol. The molecule has 0 spiro atoms. The van der Waals surface area contributed by atoms with Gasteiger partial charge in [-0.3, -0.25) is 14.6 Å². The molecule has 2 amide bonds. The average Bonchev–Trinajstić information content (AvgIpc) is 2.99. The van der Waals surface area contributed by atoms with Crippen molar-refractivity contribution < 1.29 is 31.9 Å². The van der Waals surface area contributed by atoms with E-state index in [1.807, 2.05) is 0 Å². The highest BCUT2D eigenvalue weighted by atomic mass is 32.2. The van der Waals surface area contributed by atoms with E-state index >= 15 is 0 Å². The Hall–Kier alpha value is -3.87. The van der Waals surface area contributed by atoms with Gasteiger partial charge in [-0.15, -0.1) is 0 Å². The summed E-state index contributed by atoms with van der Waals surface area (Å²) < 4.78 is 51.4. The van der Waals surface area contributed by atoms with Gasteiger partial charge in [-0.1, -0.05) is 12.1 Å². The number of hydrogen-bond acceptors (Lipinski definition) is 7. The molecule has 1 N–H and O–H groups in total. The van der Waals surface area contributed by atoms with Crippen LogP contribution in [0.4, 0.5) is 4.39 Å². The number of benzene rings is 2. The van der Waals surface area contributed by atoms with Crippen LogP contribution in [0, 0.1) is 5.82 Å². The largest absolute Gasteiger partial charge is 0.484 e. The van der Waals surface area contributed by atoms with Crippen LogP contribution in [0.1, 0.15) is 18.1 Å². The van der Waals surface area contributed by atoms with Crippen LogP contribution in [-0.4, -0.2) is 73.4 Å². The fraction of sp³-hybridized carbons (Fsp3) is 0.321. The summed E-state index contributed by atoms with van der Waals surface area (Å²) in [6.45, 7) is 2.80. The van der Waals surface area contributed by atoms with Crippen LogP contribution >= 0.6 is 0 Å². The van der Waals surface area contributed by atoms with Gasteiger partial charge in [0, 0.05) is 38.6 Å². The van der Waals surface area contributed by atoms with E-state index in [-0.39, 0.29) is 37.0 Å². The lowest BCUT2D eigenvalue weighted by Crippen LogP contribution is -2.48. The molecule has 212 valence electrons. The van der Waals surface area contributed by atoms with E-state index < -0.39 is 34.4 Å². The molecule has 1 saturated heterocycles. The number of carbonyl (C=O) groups is 2. The van der Waals surface area contributed by atoms with Gasteiger partial charge in [0.05, 0.1) is 18.1 Å². The Balaban J connectivity index is 1.41. The Morgan fingerprint density at radius 2 is 1.68 bits per heavy atom. The first-order valence-corrected chi connectivity index (χ1v) is 14.2. The number of aromatic nitrogens is 1. The van der Waals surface area contributed by atoms with E-state index in [1.165, 1.54) is 45.6 Å². The van der Waals surface area contributed by atoms with Crippen molar-refractivity contribution in [2.75, 3.05) is 32.9 Å². The van der Waals surface area contributed by atoms with Crippen LogP contribution in [0.5, 0.6) is 5.75 Å². The van der Waals surface area contributed by atoms with Gasteiger partial charge in [0.25, 0.3) is 5.91 Å². The van der Waals surface area contributed by atoms with Crippen molar-refractivity contribution in [3.63, 3.8) is 0 Å². The molecule has 0 saturated carbocycles. The Morgan fingerprint density at radius 1 is 1.02 bits per heavy atom. The fourth-order valence-electron chi connectivity index (χ4n) is 4.08. The van der Waals surface area contributed by atoms with Gasteiger partial charge in [-0.05, 0) is 66.6 Å². The molecule has 0 radical (unpaired) electrons. The van der Waals surface area contributed by atoms with E-state index in [4.69, 9.17) is 9.47 Å². The maximum atomic E-state index is 13.4. The number of pyridine rings is 1. The van der Waals surface area contributed by atoms with E-state index in [2.05, 4.69) is 10.3 Å². The fourth-order valence-corrected chi connectivity index (χ4v) is 5.49. The van der Waals surface area contributed by atoms with Crippen LogP contribution in [0.25, 0.3) is 0 Å². The molecule has 2 aromatic carbocycles. The zero-order valence-corrected chi connectivity index (χ0v) is 22.8. The van der Waals surface area contributed by atoms with Gasteiger partial charge >= 0.3 is 0 Å². The molecule has 1 fully saturated rings. The molecule has 10 nitrogen and oxygen atoms in total. The second-order valence-electron chi connectivity index (χ2n) is 9.17. The molecule has 1 atom stereocenters. The minimum atomic E-state index is -3.66. The maximum absolute atomic E-state index is 13.4. The van der Waals surface area contributed by atoms with Crippen molar-refractivity contribution in [3.05, 3.63) is 90.0 Å². The summed E-state index contributed by atoms with van der Waals surface area (Å²) >= 11 is 0. The lowest BCUT2D eigenvalue weighted by molar-refractivity contribution is -0.142. The smallest absolute Gasteiger partial charge is 0.261 e. The SMILES string of the molecule is CC(C(=O)NCc1ccncc1)N(Cc1ccc(F)cc1)C(=O)COc1ccc(S(=O)(=O)N2CCOCC2)cc1. The van der Waals surface area contributed by atoms with Gasteiger partial charge in [0.15, 0.2) is 6.61 Å². The van der Waals surface area contributed by atoms with E-state index in [0.29, 0.717) is 24.5 Å². The quantitative estimate of drug-likeness (QED) is 0.376. The molecule has 1 unspecified atom stereocenters. The Morgan fingerprint density at radius 3 is 2.33 bits per heavy atom. The molecule has 40 heavy (non-hydrogen) atoms. The summed E-state index contributed by atoms with van der Waals surface area (Å²) in [6, 6.07) is 14.2. The topological polar surface area (TPSA) is 118 Å². The molecule has 3 aromatic rings. The van der Waals surface area contributed by atoms with Crippen molar-refractivity contribution >= 4 is 21.8 Å². The van der Waals surface area contributed by atoms with Crippen LogP contribution in [0.3, 0.4) is 0 Å². The van der Waals surface area contributed by atoms with E-state index in [0.717, 1.165) is 5.56 Å². The van der Waals surface area contributed by atoms with E-state index in [1.54, 1.807) is 43.6 Å². The number of nitrogens with zero attached hydrogens (tertiary/aromatic N) is 3. The summed E-state index contributed by atoms with van der Waals surface area (Å²) in [6.07, 6.45) is 3.24. The molecule has 1 aliphatic heterocycles. The van der Waals surface area contributed by atoms with Gasteiger partial charge in [0.1, 0.15) is 17.6 Å². The number of morpholine rings is 1. The summed E-state index contributed by atoms with van der Waals surface area (Å²) in [5.74, 6) is -0.955. The van der Waals surface area contributed by atoms with Crippen molar-refractivity contribution in [1.29, 1.82) is 0 Å². The van der Waals surface area contributed by atoms with Crippen LogP contribution in [0.15, 0.2) is 78.0 Å². The molecule has 0 aliphatic carbocycles. The summed E-state index contributed by atoms with van der Waals surface area (Å²) in [7, 11) is -3.66. The maximum Gasteiger partial charge on any atom is 0.261 e. The van der Waals surface area contributed by atoms with Crippen molar-refractivity contribution in [2.24, 2.45) is 0 Å². The van der Waals surface area contributed by atoms with Gasteiger partial charge in [-0.25, -0.2) is 12.8 Å². The second kappa shape index (κ2) is 13.5. The number of ether oxygens (including phenoxy) is 2. The monoisotopic (exact) mass is 570 g/mol. The van der Waals surface area contributed by atoms with Crippen molar-refractivity contribution in [3.8, 4) is 5.75 Å². The molecule has 2 heterocycles. The number of nitrogens with one attached hydrogen (secondary N) is 1. The lowest BCUT2D eigenvalue weighted by atomic mass is 10.1. The standard InChI is InChI=1S/C28H31FN4O6S/c1-21(28(35)31-18-22-10-12-30-13-11-22)33(19-23-2-4-24(29)5-3-23)27(34)20-39-25-6-8-26(9-7-25)40(36,37)32-14-16-38-17-15-32/h2-13,21H,14-20H2,1H3,(H,31,35). The lowest BCUT2D eigenvalue weighted by Gasteiger charge is -2.29. The summed E-state index contributed by atoms with van der Waals surface area (Å²) in [5.41, 5.74) is 1.50. The molecule has 1 aliphatic rings. The third kappa shape index (κ3) is 7.62. The highest BCUT2D eigenvalue weighted by Crippen LogP contribution is 2.21. The Kier molecular flexibility index (Phi) is 9.80. The van der Waals surface area contributed by atoms with Gasteiger partial charge < -0.3 is 19.7 Å². The Labute approximate surface area is 232 Å². The number of halogens is 1. The normalized spacial score (nSPS) is 14.8. The number of rotatable bonds is 11. The van der Waals surface area contributed by atoms with Crippen LogP contribution < -0.4 is 10.1 Å². The number of amides is 2. The summed E-state index contributed by atoms with van der Waals surface area (Å²) in [5, 5.41) is 2.82. The zero-order chi connectivity index (χ0) is 28.5. The first-order valence-electron chi connectivity index (χ1n) is 12.8. The first kappa shape index (κ1) is 29.1. The number of sulfonamides is 1. The van der Waals surface area contributed by atoms with Crippen LogP contribution in [0.2, 0.25) is 0 Å². The molecular formula is C28H31FN4O6S. The highest BCUT2D eigenvalue weighted by Gasteiger charge is 2.28. The van der Waals surface area contributed by atoms with Crippen molar-refractivity contribution in [2.45, 2.75) is 31.0 Å². The van der Waals surface area contributed by atoms with Gasteiger partial charge in [0.2, 0.25) is 15.9 Å². The minimum absolute atomic E-state index is 0.0586. The third-order valence-corrected chi connectivity index (χ3v) is 8.36. The number of carbonyl (C=O) groups excluding carboxylic acids is 2. The molecule has 12 heteroatoms.